The molecule has 0 aliphatic heterocycles. The van der Waals surface area contributed by atoms with Crippen LogP contribution in [0.1, 0.15) is 55.2 Å². The van der Waals surface area contributed by atoms with Gasteiger partial charge < -0.3 is 4.74 Å². The van der Waals surface area contributed by atoms with Gasteiger partial charge in [-0.3, -0.25) is 4.40 Å². The van der Waals surface area contributed by atoms with E-state index in [-0.39, 0.29) is 11.4 Å². The third kappa shape index (κ3) is 2.07. The number of hydrogen-bond acceptors (Lipinski definition) is 4. The van der Waals surface area contributed by atoms with Crippen LogP contribution in [0.3, 0.4) is 0 Å². The van der Waals surface area contributed by atoms with E-state index in [1.54, 1.807) is 12.3 Å². The SMILES string of the molecule is COC(=O)c1ccc2nnc(C3(C)CCCCC3)n2c1. The van der Waals surface area contributed by atoms with E-state index >= 15 is 0 Å². The van der Waals surface area contributed by atoms with Crippen molar-refractivity contribution in [1.82, 2.24) is 14.6 Å². The zero-order valence-electron chi connectivity index (χ0n) is 11.9. The number of nitrogens with zero attached hydrogens (tertiary/aromatic N) is 3. The highest BCUT2D eigenvalue weighted by Crippen LogP contribution is 2.38. The van der Waals surface area contributed by atoms with Crippen LogP contribution in [-0.2, 0) is 10.2 Å². The second-order valence-electron chi connectivity index (χ2n) is 5.78. The maximum absolute atomic E-state index is 11.7. The molecule has 2 heterocycles. The van der Waals surface area contributed by atoms with Crippen molar-refractivity contribution in [1.29, 1.82) is 0 Å². The van der Waals surface area contributed by atoms with Gasteiger partial charge in [-0.05, 0) is 25.0 Å². The van der Waals surface area contributed by atoms with Crippen LogP contribution in [-0.4, -0.2) is 27.7 Å². The highest BCUT2D eigenvalue weighted by atomic mass is 16.5. The number of ether oxygens (including phenoxy) is 1. The molecule has 0 aromatic carbocycles. The van der Waals surface area contributed by atoms with Crippen LogP contribution in [0.5, 0.6) is 0 Å². The van der Waals surface area contributed by atoms with E-state index in [1.807, 2.05) is 10.5 Å². The monoisotopic (exact) mass is 273 g/mol. The Bertz CT molecular complexity index is 642. The van der Waals surface area contributed by atoms with Crippen LogP contribution >= 0.6 is 0 Å². The molecule has 1 aliphatic carbocycles. The molecule has 0 amide bonds. The Morgan fingerprint density at radius 1 is 1.25 bits per heavy atom. The standard InChI is InChI=1S/C15H19N3O2/c1-15(8-4-3-5-9-15)14-17-16-12-7-6-11(10-18(12)14)13(19)20-2/h6-7,10H,3-5,8-9H2,1-2H3. The fourth-order valence-electron chi connectivity index (χ4n) is 3.10. The Kier molecular flexibility index (Phi) is 3.20. The highest BCUT2D eigenvalue weighted by Gasteiger charge is 2.33. The second-order valence-corrected chi connectivity index (χ2v) is 5.78. The van der Waals surface area contributed by atoms with Crippen molar-refractivity contribution in [2.45, 2.75) is 44.4 Å². The molecule has 0 atom stereocenters. The number of esters is 1. The number of carbonyl (C=O) groups is 1. The lowest BCUT2D eigenvalue weighted by molar-refractivity contribution is 0.0600. The zero-order chi connectivity index (χ0) is 14.2. The molecule has 5 nitrogen and oxygen atoms in total. The summed E-state index contributed by atoms with van der Waals surface area (Å²) in [5.74, 6) is 0.623. The zero-order valence-corrected chi connectivity index (χ0v) is 11.9. The molecule has 1 aliphatic rings. The largest absolute Gasteiger partial charge is 0.465 e. The van der Waals surface area contributed by atoms with Gasteiger partial charge in [-0.15, -0.1) is 10.2 Å². The normalized spacial score (nSPS) is 18.1. The Balaban J connectivity index is 2.09. The number of aromatic nitrogens is 3. The second kappa shape index (κ2) is 4.89. The summed E-state index contributed by atoms with van der Waals surface area (Å²) < 4.78 is 6.72. The first-order valence-electron chi connectivity index (χ1n) is 7.08. The van der Waals surface area contributed by atoms with Gasteiger partial charge in [0.15, 0.2) is 5.65 Å². The Labute approximate surface area is 118 Å². The highest BCUT2D eigenvalue weighted by molar-refractivity contribution is 5.89. The summed E-state index contributed by atoms with van der Waals surface area (Å²) in [6.45, 7) is 2.24. The quantitative estimate of drug-likeness (QED) is 0.789. The fraction of sp³-hybridized carbons (Fsp3) is 0.533. The summed E-state index contributed by atoms with van der Waals surface area (Å²) in [6, 6.07) is 3.54. The van der Waals surface area contributed by atoms with Crippen LogP contribution in [0, 0.1) is 0 Å². The van der Waals surface area contributed by atoms with Crippen molar-refractivity contribution >= 4 is 11.6 Å². The van der Waals surface area contributed by atoms with E-state index in [0.29, 0.717) is 5.56 Å². The van der Waals surface area contributed by atoms with Crippen molar-refractivity contribution in [3.63, 3.8) is 0 Å². The molecule has 2 aromatic rings. The number of pyridine rings is 1. The predicted octanol–water partition coefficient (Wildman–Crippen LogP) is 2.74. The van der Waals surface area contributed by atoms with Gasteiger partial charge in [0, 0.05) is 11.6 Å². The minimum absolute atomic E-state index is 0.0480. The van der Waals surface area contributed by atoms with Gasteiger partial charge in [0.25, 0.3) is 0 Å². The minimum Gasteiger partial charge on any atom is -0.465 e. The third-order valence-electron chi connectivity index (χ3n) is 4.32. The van der Waals surface area contributed by atoms with Gasteiger partial charge in [0.1, 0.15) is 5.82 Å². The fourth-order valence-corrected chi connectivity index (χ4v) is 3.10. The van der Waals surface area contributed by atoms with Crippen molar-refractivity contribution < 1.29 is 9.53 Å². The van der Waals surface area contributed by atoms with E-state index in [9.17, 15) is 4.79 Å². The van der Waals surface area contributed by atoms with E-state index in [2.05, 4.69) is 17.1 Å². The topological polar surface area (TPSA) is 56.5 Å². The average Bonchev–Trinajstić information content (AvgIpc) is 2.91. The average molecular weight is 273 g/mol. The Morgan fingerprint density at radius 3 is 2.70 bits per heavy atom. The summed E-state index contributed by atoms with van der Waals surface area (Å²) in [6.07, 6.45) is 7.77. The van der Waals surface area contributed by atoms with Crippen LogP contribution in [0.4, 0.5) is 0 Å². The maximum atomic E-state index is 11.7. The van der Waals surface area contributed by atoms with Gasteiger partial charge in [-0.2, -0.15) is 0 Å². The summed E-state index contributed by atoms with van der Waals surface area (Å²) in [7, 11) is 1.39. The minimum atomic E-state index is -0.333. The van der Waals surface area contributed by atoms with Crippen molar-refractivity contribution in [2.75, 3.05) is 7.11 Å². The van der Waals surface area contributed by atoms with Crippen molar-refractivity contribution in [3.05, 3.63) is 29.7 Å². The lowest BCUT2D eigenvalue weighted by Gasteiger charge is -2.31. The van der Waals surface area contributed by atoms with Gasteiger partial charge in [0.05, 0.1) is 12.7 Å². The number of rotatable bonds is 2. The van der Waals surface area contributed by atoms with Crippen molar-refractivity contribution in [2.24, 2.45) is 0 Å². The van der Waals surface area contributed by atoms with Gasteiger partial charge >= 0.3 is 5.97 Å². The first-order chi connectivity index (χ1) is 9.64. The first kappa shape index (κ1) is 13.1. The molecule has 106 valence electrons. The summed E-state index contributed by atoms with van der Waals surface area (Å²) in [5, 5.41) is 8.60. The maximum Gasteiger partial charge on any atom is 0.339 e. The smallest absolute Gasteiger partial charge is 0.339 e. The van der Waals surface area contributed by atoms with Crippen LogP contribution < -0.4 is 0 Å². The van der Waals surface area contributed by atoms with Crippen LogP contribution in [0.25, 0.3) is 5.65 Å². The number of hydrogen-bond donors (Lipinski definition) is 0. The molecule has 20 heavy (non-hydrogen) atoms. The number of methoxy groups -OCH3 is 1. The molecule has 1 fully saturated rings. The van der Waals surface area contributed by atoms with E-state index in [0.717, 1.165) is 24.3 Å². The molecule has 0 radical (unpaired) electrons. The van der Waals surface area contributed by atoms with Crippen LogP contribution in [0.15, 0.2) is 18.3 Å². The molecular formula is C15H19N3O2. The predicted molar refractivity (Wildman–Crippen MR) is 74.8 cm³/mol. The van der Waals surface area contributed by atoms with E-state index in [4.69, 9.17) is 4.74 Å². The lowest BCUT2D eigenvalue weighted by atomic mass is 9.75. The van der Waals surface area contributed by atoms with Crippen LogP contribution in [0.2, 0.25) is 0 Å². The molecule has 1 saturated carbocycles. The first-order valence-corrected chi connectivity index (χ1v) is 7.08. The van der Waals surface area contributed by atoms with Crippen molar-refractivity contribution in [3.8, 4) is 0 Å². The summed E-state index contributed by atoms with van der Waals surface area (Å²) in [5.41, 5.74) is 1.35. The molecule has 0 bridgehead atoms. The Hall–Kier alpha value is -1.91. The van der Waals surface area contributed by atoms with E-state index < -0.39 is 0 Å². The third-order valence-corrected chi connectivity index (χ3v) is 4.32. The number of carbonyl (C=O) groups excluding carboxylic acids is 1. The Morgan fingerprint density at radius 2 is 2.00 bits per heavy atom. The molecule has 0 spiro atoms. The number of fused-ring (bicyclic) bond motifs is 1. The summed E-state index contributed by atoms with van der Waals surface area (Å²) >= 11 is 0. The molecule has 5 heteroatoms. The molecule has 0 saturated heterocycles. The van der Waals surface area contributed by atoms with Gasteiger partial charge in [-0.1, -0.05) is 26.2 Å². The lowest BCUT2D eigenvalue weighted by Crippen LogP contribution is -2.27. The molecule has 0 N–H and O–H groups in total. The molecule has 2 aromatic heterocycles. The molecule has 0 unspecified atom stereocenters. The molecular weight excluding hydrogens is 254 g/mol. The van der Waals surface area contributed by atoms with Gasteiger partial charge in [-0.25, -0.2) is 4.79 Å². The van der Waals surface area contributed by atoms with Gasteiger partial charge in [0.2, 0.25) is 0 Å². The summed E-state index contributed by atoms with van der Waals surface area (Å²) in [4.78, 5) is 11.7. The molecule has 3 rings (SSSR count). The van der Waals surface area contributed by atoms with E-state index in [1.165, 1.54) is 26.4 Å².